The molecule has 2 heteroatoms. The van der Waals surface area contributed by atoms with Gasteiger partial charge < -0.3 is 9.59 Å². The highest BCUT2D eigenvalue weighted by molar-refractivity contribution is 5.37. The Bertz CT molecular complexity index is 619. The van der Waals surface area contributed by atoms with Crippen molar-refractivity contribution in [3.05, 3.63) is 71.8 Å². The molecule has 0 aliphatic carbocycles. The highest BCUT2D eigenvalue weighted by Crippen LogP contribution is 2.48. The molecule has 0 unspecified atom stereocenters. The molecule has 3 saturated heterocycles. The van der Waals surface area contributed by atoms with Crippen molar-refractivity contribution in [3.8, 4) is 0 Å². The van der Waals surface area contributed by atoms with Gasteiger partial charge in [-0.05, 0) is 17.0 Å². The van der Waals surface area contributed by atoms with Crippen LogP contribution in [0.5, 0.6) is 0 Å². The largest absolute Gasteiger partial charge is 0.380 e. The lowest BCUT2D eigenvalue weighted by Crippen LogP contribution is -2.63. The molecule has 3 fully saturated rings. The molecule has 1 N–H and O–H groups in total. The number of hydrogen-bond donors (Lipinski definition) is 1. The number of quaternary nitrogens is 1. The van der Waals surface area contributed by atoms with Gasteiger partial charge in [-0.25, -0.2) is 0 Å². The van der Waals surface area contributed by atoms with Gasteiger partial charge in [-0.2, -0.15) is 0 Å². The highest BCUT2D eigenvalue weighted by atomic mass is 16.3. The van der Waals surface area contributed by atoms with E-state index >= 15 is 0 Å². The van der Waals surface area contributed by atoms with Crippen molar-refractivity contribution in [2.45, 2.75) is 18.4 Å². The Hall–Kier alpha value is -1.64. The molecule has 2 aromatic carbocycles. The fourth-order valence-electron chi connectivity index (χ4n) is 4.87. The third-order valence-electron chi connectivity index (χ3n) is 6.25. The van der Waals surface area contributed by atoms with Crippen LogP contribution in [0, 0.1) is 11.8 Å². The third kappa shape index (κ3) is 2.41. The predicted octanol–water partition coefficient (Wildman–Crippen LogP) is 3.41. The van der Waals surface area contributed by atoms with E-state index in [0.717, 1.165) is 22.2 Å². The van der Waals surface area contributed by atoms with Gasteiger partial charge in [0.2, 0.25) is 0 Å². The van der Waals surface area contributed by atoms with Crippen molar-refractivity contribution in [3.63, 3.8) is 0 Å². The zero-order chi connectivity index (χ0) is 15.9. The second kappa shape index (κ2) is 5.47. The Labute approximate surface area is 139 Å². The van der Waals surface area contributed by atoms with Crippen molar-refractivity contribution >= 4 is 0 Å². The summed E-state index contributed by atoms with van der Waals surface area (Å²) in [6.07, 6.45) is 2.48. The van der Waals surface area contributed by atoms with Crippen LogP contribution in [0.2, 0.25) is 0 Å². The van der Waals surface area contributed by atoms with E-state index in [4.69, 9.17) is 0 Å². The Balaban J connectivity index is 1.84. The van der Waals surface area contributed by atoms with Crippen LogP contribution in [-0.2, 0) is 5.60 Å². The maximum atomic E-state index is 12.0. The van der Waals surface area contributed by atoms with Crippen LogP contribution in [0.1, 0.15) is 24.0 Å². The summed E-state index contributed by atoms with van der Waals surface area (Å²) in [6, 6.07) is 20.6. The SMILES string of the molecule is C[N+]12CCC(CC1)[C@@H](C(O)(c1ccccc1)c1ccccc1)C2. The van der Waals surface area contributed by atoms with E-state index < -0.39 is 5.60 Å². The van der Waals surface area contributed by atoms with Crippen molar-refractivity contribution in [1.29, 1.82) is 0 Å². The molecule has 0 amide bonds. The third-order valence-corrected chi connectivity index (χ3v) is 6.25. The van der Waals surface area contributed by atoms with E-state index in [9.17, 15) is 5.11 Å². The van der Waals surface area contributed by atoms with Gasteiger partial charge in [0.1, 0.15) is 5.60 Å². The average molecular weight is 308 g/mol. The van der Waals surface area contributed by atoms with E-state index in [-0.39, 0.29) is 0 Å². The first-order valence-corrected chi connectivity index (χ1v) is 8.79. The summed E-state index contributed by atoms with van der Waals surface area (Å²) < 4.78 is 1.11. The number of piperidine rings is 3. The minimum absolute atomic E-state index is 0.291. The van der Waals surface area contributed by atoms with E-state index in [2.05, 4.69) is 31.3 Å². The molecule has 1 atom stereocenters. The molecule has 0 radical (unpaired) electrons. The molecule has 3 heterocycles. The van der Waals surface area contributed by atoms with Crippen molar-refractivity contribution in [2.24, 2.45) is 11.8 Å². The van der Waals surface area contributed by atoms with E-state index in [0.29, 0.717) is 11.8 Å². The van der Waals surface area contributed by atoms with Gasteiger partial charge >= 0.3 is 0 Å². The van der Waals surface area contributed by atoms with Crippen LogP contribution in [0.3, 0.4) is 0 Å². The molecule has 23 heavy (non-hydrogen) atoms. The van der Waals surface area contributed by atoms with Gasteiger partial charge in [-0.1, -0.05) is 60.7 Å². The Morgan fingerprint density at radius 2 is 1.35 bits per heavy atom. The monoisotopic (exact) mass is 308 g/mol. The van der Waals surface area contributed by atoms with Gasteiger partial charge in [0.05, 0.1) is 26.7 Å². The molecule has 0 saturated carbocycles. The first kappa shape index (κ1) is 14.9. The van der Waals surface area contributed by atoms with Crippen LogP contribution in [0.4, 0.5) is 0 Å². The van der Waals surface area contributed by atoms with Gasteiger partial charge in [-0.3, -0.25) is 0 Å². The van der Waals surface area contributed by atoms with Crippen LogP contribution in [-0.4, -0.2) is 36.3 Å². The summed E-state index contributed by atoms with van der Waals surface area (Å²) in [5, 5.41) is 12.0. The lowest BCUT2D eigenvalue weighted by atomic mass is 9.64. The van der Waals surface area contributed by atoms with Crippen LogP contribution in [0.15, 0.2) is 60.7 Å². The Morgan fingerprint density at radius 3 is 1.78 bits per heavy atom. The maximum Gasteiger partial charge on any atom is 0.123 e. The molecule has 3 aliphatic heterocycles. The summed E-state index contributed by atoms with van der Waals surface area (Å²) in [4.78, 5) is 0. The Kier molecular flexibility index (Phi) is 3.55. The van der Waals surface area contributed by atoms with Crippen molar-refractivity contribution < 1.29 is 9.59 Å². The number of nitrogens with zero attached hydrogens (tertiary/aromatic N) is 1. The summed E-state index contributed by atoms with van der Waals surface area (Å²) in [6.45, 7) is 3.60. The number of hydrogen-bond acceptors (Lipinski definition) is 1. The zero-order valence-corrected chi connectivity index (χ0v) is 13.9. The molecule has 5 rings (SSSR count). The molecule has 0 spiro atoms. The number of aliphatic hydroxyl groups is 1. The summed E-state index contributed by atoms with van der Waals surface area (Å²) in [5.41, 5.74) is 1.20. The minimum Gasteiger partial charge on any atom is -0.380 e. The lowest BCUT2D eigenvalue weighted by Gasteiger charge is -2.55. The second-order valence-electron chi connectivity index (χ2n) is 7.69. The smallest absolute Gasteiger partial charge is 0.123 e. The van der Waals surface area contributed by atoms with Crippen molar-refractivity contribution in [2.75, 3.05) is 26.7 Å². The number of fused-ring (bicyclic) bond motifs is 3. The molecule has 3 aliphatic rings. The molecule has 0 aromatic heterocycles. The summed E-state index contributed by atoms with van der Waals surface area (Å²) in [7, 11) is 2.36. The standard InChI is InChI=1S/C21H26NO/c1-22-14-12-17(13-15-22)20(16-22)21(23,18-8-4-2-5-9-18)19-10-6-3-7-11-19/h2-11,17,20,23H,12-16H2,1H3/q+1/t17?,20-,22?/m0/s1. The number of rotatable bonds is 3. The first-order chi connectivity index (χ1) is 11.1. The molecule has 120 valence electrons. The van der Waals surface area contributed by atoms with E-state index in [1.807, 2.05) is 36.4 Å². The van der Waals surface area contributed by atoms with Crippen molar-refractivity contribution in [1.82, 2.24) is 0 Å². The van der Waals surface area contributed by atoms with Gasteiger partial charge in [0, 0.05) is 18.8 Å². The molecular weight excluding hydrogens is 282 g/mol. The Morgan fingerprint density at radius 1 is 0.870 bits per heavy atom. The van der Waals surface area contributed by atoms with E-state index in [1.165, 1.54) is 25.9 Å². The maximum absolute atomic E-state index is 12.0. The summed E-state index contributed by atoms with van der Waals surface area (Å²) in [5.74, 6) is 0.917. The normalized spacial score (nSPS) is 30.3. The molecule has 2 nitrogen and oxygen atoms in total. The minimum atomic E-state index is -0.881. The first-order valence-electron chi connectivity index (χ1n) is 8.79. The predicted molar refractivity (Wildman–Crippen MR) is 92.9 cm³/mol. The lowest BCUT2D eigenvalue weighted by molar-refractivity contribution is -0.930. The van der Waals surface area contributed by atoms with E-state index in [1.54, 1.807) is 0 Å². The fraction of sp³-hybridized carbons (Fsp3) is 0.429. The topological polar surface area (TPSA) is 20.2 Å². The van der Waals surface area contributed by atoms with Gasteiger partial charge in [0.15, 0.2) is 0 Å². The van der Waals surface area contributed by atoms with Crippen LogP contribution in [0.25, 0.3) is 0 Å². The quantitative estimate of drug-likeness (QED) is 0.862. The van der Waals surface area contributed by atoms with Crippen LogP contribution < -0.4 is 0 Å². The zero-order valence-electron chi connectivity index (χ0n) is 13.9. The second-order valence-corrected chi connectivity index (χ2v) is 7.69. The average Bonchev–Trinajstić information content (AvgIpc) is 2.62. The van der Waals surface area contributed by atoms with Crippen LogP contribution >= 0.6 is 0 Å². The summed E-state index contributed by atoms with van der Waals surface area (Å²) >= 11 is 0. The highest BCUT2D eigenvalue weighted by Gasteiger charge is 2.53. The number of benzene rings is 2. The molecular formula is C21H26NO+. The van der Waals surface area contributed by atoms with Gasteiger partial charge in [-0.15, -0.1) is 0 Å². The molecule has 2 aromatic rings. The molecule has 2 bridgehead atoms. The van der Waals surface area contributed by atoms with Gasteiger partial charge in [0.25, 0.3) is 0 Å². The fourth-order valence-corrected chi connectivity index (χ4v) is 4.87.